The quantitative estimate of drug-likeness (QED) is 0.811. The first-order valence-electron chi connectivity index (χ1n) is 8.15. The van der Waals surface area contributed by atoms with Gasteiger partial charge in [-0.1, -0.05) is 26.0 Å². The Balaban J connectivity index is 2.54. The Morgan fingerprint density at radius 2 is 1.74 bits per heavy atom. The van der Waals surface area contributed by atoms with E-state index in [0.717, 1.165) is 12.1 Å². The minimum Gasteiger partial charge on any atom is -0.350 e. The number of likely N-dealkylation sites (N-methyl/N-ethyl adjacent to an activating group) is 1. The summed E-state index contributed by atoms with van der Waals surface area (Å²) in [5.74, 6) is -0.177. The third-order valence-electron chi connectivity index (χ3n) is 3.32. The fourth-order valence-corrected chi connectivity index (χ4v) is 2.21. The van der Waals surface area contributed by atoms with E-state index in [1.54, 1.807) is 0 Å². The number of benzene rings is 1. The summed E-state index contributed by atoms with van der Waals surface area (Å²) < 4.78 is 0. The molecule has 0 aromatic heterocycles. The van der Waals surface area contributed by atoms with Crippen LogP contribution < -0.4 is 10.6 Å². The van der Waals surface area contributed by atoms with E-state index in [2.05, 4.69) is 17.6 Å². The van der Waals surface area contributed by atoms with Crippen LogP contribution in [0.5, 0.6) is 0 Å². The number of anilines is 1. The fraction of sp³-hybridized carbons (Fsp3) is 0.556. The highest BCUT2D eigenvalue weighted by Gasteiger charge is 2.17. The van der Waals surface area contributed by atoms with Crippen LogP contribution in [0.3, 0.4) is 0 Å². The zero-order valence-corrected chi connectivity index (χ0v) is 14.9. The number of aryl methyl sites for hydroxylation is 1. The smallest absolute Gasteiger partial charge is 0.238 e. The highest BCUT2D eigenvalue weighted by molar-refractivity contribution is 5.92. The summed E-state index contributed by atoms with van der Waals surface area (Å²) in [4.78, 5) is 25.9. The molecule has 0 aliphatic rings. The molecule has 0 aliphatic heterocycles. The van der Waals surface area contributed by atoms with Gasteiger partial charge in [0.1, 0.15) is 0 Å². The van der Waals surface area contributed by atoms with Gasteiger partial charge in [-0.25, -0.2) is 0 Å². The van der Waals surface area contributed by atoms with Crippen LogP contribution >= 0.6 is 0 Å². The molecular formula is C18H29N3O2. The molecule has 0 heterocycles. The second-order valence-electron chi connectivity index (χ2n) is 6.70. The van der Waals surface area contributed by atoms with Gasteiger partial charge in [-0.15, -0.1) is 0 Å². The van der Waals surface area contributed by atoms with E-state index in [1.165, 1.54) is 5.56 Å². The SMILES string of the molecule is CCc1cccc(NC(=O)CN(CC)CC(=O)NC(C)(C)C)c1. The van der Waals surface area contributed by atoms with Gasteiger partial charge in [-0.2, -0.15) is 0 Å². The van der Waals surface area contributed by atoms with Crippen LogP contribution in [0, 0.1) is 0 Å². The van der Waals surface area contributed by atoms with Crippen LogP contribution in [-0.2, 0) is 16.0 Å². The van der Waals surface area contributed by atoms with Gasteiger partial charge in [0, 0.05) is 11.2 Å². The number of hydrogen-bond acceptors (Lipinski definition) is 3. The van der Waals surface area contributed by atoms with Gasteiger partial charge in [0.2, 0.25) is 11.8 Å². The van der Waals surface area contributed by atoms with Crippen molar-refractivity contribution < 1.29 is 9.59 Å². The third kappa shape index (κ3) is 7.79. The first-order valence-corrected chi connectivity index (χ1v) is 8.15. The molecular weight excluding hydrogens is 290 g/mol. The molecule has 0 radical (unpaired) electrons. The number of carbonyl (C=O) groups excluding carboxylic acids is 2. The van der Waals surface area contributed by atoms with Crippen LogP contribution in [0.1, 0.15) is 40.2 Å². The highest BCUT2D eigenvalue weighted by Crippen LogP contribution is 2.11. The van der Waals surface area contributed by atoms with Gasteiger partial charge in [0.25, 0.3) is 0 Å². The number of amides is 2. The molecule has 0 fully saturated rings. The van der Waals surface area contributed by atoms with Gasteiger partial charge in [0.05, 0.1) is 13.1 Å². The molecule has 2 N–H and O–H groups in total. The standard InChI is InChI=1S/C18H29N3O2/c1-6-14-9-8-10-15(11-14)19-16(22)12-21(7-2)13-17(23)20-18(3,4)5/h8-11H,6-7,12-13H2,1-5H3,(H,19,22)(H,20,23). The predicted octanol–water partition coefficient (Wildman–Crippen LogP) is 2.42. The van der Waals surface area contributed by atoms with Crippen molar-refractivity contribution in [2.75, 3.05) is 25.0 Å². The summed E-state index contributed by atoms with van der Waals surface area (Å²) in [6, 6.07) is 7.81. The molecule has 1 aromatic rings. The van der Waals surface area contributed by atoms with Crippen LogP contribution in [0.2, 0.25) is 0 Å². The zero-order chi connectivity index (χ0) is 17.5. The lowest BCUT2D eigenvalue weighted by molar-refractivity contribution is -0.124. The molecule has 2 amide bonds. The Morgan fingerprint density at radius 1 is 1.09 bits per heavy atom. The van der Waals surface area contributed by atoms with Gasteiger partial charge in [-0.3, -0.25) is 14.5 Å². The molecule has 23 heavy (non-hydrogen) atoms. The summed E-state index contributed by atoms with van der Waals surface area (Å²) in [6.45, 7) is 10.9. The lowest BCUT2D eigenvalue weighted by atomic mass is 10.1. The lowest BCUT2D eigenvalue weighted by Gasteiger charge is -2.24. The molecule has 0 bridgehead atoms. The second kappa shape index (κ2) is 8.67. The summed E-state index contributed by atoms with van der Waals surface area (Å²) in [7, 11) is 0. The molecule has 0 unspecified atom stereocenters. The molecule has 0 spiro atoms. The van der Waals surface area contributed by atoms with Crippen LogP contribution in [0.25, 0.3) is 0 Å². The van der Waals surface area contributed by atoms with Crippen LogP contribution in [-0.4, -0.2) is 41.9 Å². The lowest BCUT2D eigenvalue weighted by Crippen LogP contribution is -2.47. The van der Waals surface area contributed by atoms with Gasteiger partial charge < -0.3 is 10.6 Å². The predicted molar refractivity (Wildman–Crippen MR) is 94.5 cm³/mol. The number of nitrogens with zero attached hydrogens (tertiary/aromatic N) is 1. The zero-order valence-electron chi connectivity index (χ0n) is 14.9. The maximum absolute atomic E-state index is 12.2. The largest absolute Gasteiger partial charge is 0.350 e. The van der Waals surface area contributed by atoms with E-state index in [9.17, 15) is 9.59 Å². The topological polar surface area (TPSA) is 61.4 Å². The Labute approximate surface area is 139 Å². The maximum atomic E-state index is 12.2. The van der Waals surface area contributed by atoms with Crippen LogP contribution in [0.15, 0.2) is 24.3 Å². The second-order valence-corrected chi connectivity index (χ2v) is 6.70. The van der Waals surface area contributed by atoms with Gasteiger partial charge in [0.15, 0.2) is 0 Å². The number of hydrogen-bond donors (Lipinski definition) is 2. The molecule has 0 aliphatic carbocycles. The molecule has 1 aromatic carbocycles. The average Bonchev–Trinajstić information content (AvgIpc) is 2.44. The number of carbonyl (C=O) groups is 2. The molecule has 0 saturated heterocycles. The Kier molecular flexibility index (Phi) is 7.23. The summed E-state index contributed by atoms with van der Waals surface area (Å²) in [6.07, 6.45) is 0.928. The molecule has 0 atom stereocenters. The van der Waals surface area contributed by atoms with Crippen molar-refractivity contribution in [1.29, 1.82) is 0 Å². The van der Waals surface area contributed by atoms with Crippen molar-refractivity contribution in [3.05, 3.63) is 29.8 Å². The van der Waals surface area contributed by atoms with E-state index in [4.69, 9.17) is 0 Å². The van der Waals surface area contributed by atoms with Crippen molar-refractivity contribution >= 4 is 17.5 Å². The van der Waals surface area contributed by atoms with E-state index in [-0.39, 0.29) is 30.4 Å². The van der Waals surface area contributed by atoms with Crippen LogP contribution in [0.4, 0.5) is 5.69 Å². The van der Waals surface area contributed by atoms with Crippen molar-refractivity contribution in [1.82, 2.24) is 10.2 Å². The monoisotopic (exact) mass is 319 g/mol. The number of rotatable bonds is 7. The minimum atomic E-state index is -0.265. The average molecular weight is 319 g/mol. The first kappa shape index (κ1) is 19.2. The molecule has 0 saturated carbocycles. The van der Waals surface area contributed by atoms with Crippen molar-refractivity contribution in [3.63, 3.8) is 0 Å². The minimum absolute atomic E-state index is 0.0693. The first-order chi connectivity index (χ1) is 10.7. The molecule has 5 heteroatoms. The van der Waals surface area contributed by atoms with E-state index >= 15 is 0 Å². The van der Waals surface area contributed by atoms with Crippen molar-refractivity contribution in [2.45, 2.75) is 46.6 Å². The van der Waals surface area contributed by atoms with Crippen molar-refractivity contribution in [3.8, 4) is 0 Å². The number of nitrogens with one attached hydrogen (secondary N) is 2. The van der Waals surface area contributed by atoms with E-state index in [1.807, 2.05) is 56.9 Å². The normalized spacial score (nSPS) is 11.4. The highest BCUT2D eigenvalue weighted by atomic mass is 16.2. The summed E-state index contributed by atoms with van der Waals surface area (Å²) in [5, 5.41) is 5.80. The molecule has 1 rings (SSSR count). The summed E-state index contributed by atoms with van der Waals surface area (Å²) >= 11 is 0. The fourth-order valence-electron chi connectivity index (χ4n) is 2.21. The van der Waals surface area contributed by atoms with Crippen molar-refractivity contribution in [2.24, 2.45) is 0 Å². The molecule has 5 nitrogen and oxygen atoms in total. The van der Waals surface area contributed by atoms with E-state index in [0.29, 0.717) is 6.54 Å². The molecule has 128 valence electrons. The Bertz CT molecular complexity index is 535. The maximum Gasteiger partial charge on any atom is 0.238 e. The van der Waals surface area contributed by atoms with E-state index < -0.39 is 0 Å². The summed E-state index contributed by atoms with van der Waals surface area (Å²) in [5.41, 5.74) is 1.71. The van der Waals surface area contributed by atoms with Gasteiger partial charge >= 0.3 is 0 Å². The third-order valence-corrected chi connectivity index (χ3v) is 3.32. The Morgan fingerprint density at radius 3 is 2.30 bits per heavy atom. The van der Waals surface area contributed by atoms with Gasteiger partial charge in [-0.05, 0) is 51.4 Å². The Hall–Kier alpha value is -1.88.